The second kappa shape index (κ2) is 8.07. The van der Waals surface area contributed by atoms with Crippen LogP contribution < -0.4 is 5.73 Å². The quantitative estimate of drug-likeness (QED) is 0.312. The number of nitrogen functional groups attached to an aromatic ring is 1. The van der Waals surface area contributed by atoms with Crippen LogP contribution in [0.5, 0.6) is 0 Å². The first-order valence-corrected chi connectivity index (χ1v) is 10.1. The molecule has 0 bridgehead atoms. The molecule has 14 heteroatoms. The zero-order valence-corrected chi connectivity index (χ0v) is 17.8. The highest BCUT2D eigenvalue weighted by Gasteiger charge is 2.54. The fourth-order valence-corrected chi connectivity index (χ4v) is 4.09. The summed E-state index contributed by atoms with van der Waals surface area (Å²) < 4.78 is 96.9. The lowest BCUT2D eigenvalue weighted by Gasteiger charge is -2.25. The number of rotatable bonds is 3. The predicted molar refractivity (Wildman–Crippen MR) is 107 cm³/mol. The van der Waals surface area contributed by atoms with Gasteiger partial charge in [0.15, 0.2) is 23.3 Å². The van der Waals surface area contributed by atoms with Crippen molar-refractivity contribution in [2.75, 3.05) is 5.73 Å². The summed E-state index contributed by atoms with van der Waals surface area (Å²) >= 11 is 0. The third-order valence-corrected chi connectivity index (χ3v) is 5.84. The fraction of sp³-hybridized carbons (Fsp3) is 0.381. The molecule has 1 aromatic carbocycles. The maximum absolute atomic E-state index is 14.5. The van der Waals surface area contributed by atoms with Crippen molar-refractivity contribution in [3.8, 4) is 11.3 Å². The lowest BCUT2D eigenvalue weighted by Crippen LogP contribution is -2.43. The molecule has 0 radical (unpaired) electrons. The van der Waals surface area contributed by atoms with E-state index in [4.69, 9.17) is 5.73 Å². The molecule has 1 aliphatic carbocycles. The first kappa shape index (κ1) is 24.7. The van der Waals surface area contributed by atoms with E-state index in [0.29, 0.717) is 16.7 Å². The number of hydrogen-bond donors (Lipinski definition) is 2. The molecule has 1 fully saturated rings. The molecule has 4 rings (SSSR count). The molecule has 35 heavy (non-hydrogen) atoms. The molecule has 188 valence electrons. The Hall–Kier alpha value is -3.42. The van der Waals surface area contributed by atoms with Gasteiger partial charge in [-0.25, -0.2) is 19.2 Å². The van der Waals surface area contributed by atoms with Crippen molar-refractivity contribution >= 4 is 17.4 Å². The maximum atomic E-state index is 14.5. The minimum absolute atomic E-state index is 0.0315. The molecule has 2 heterocycles. The van der Waals surface area contributed by atoms with Gasteiger partial charge in [0.2, 0.25) is 5.79 Å². The summed E-state index contributed by atoms with van der Waals surface area (Å²) in [7, 11) is 0. The highest BCUT2D eigenvalue weighted by Crippen LogP contribution is 2.45. The lowest BCUT2D eigenvalue weighted by molar-refractivity contribution is -0.258. The maximum Gasteiger partial charge on any atom is 0.491 e. The lowest BCUT2D eigenvalue weighted by atomic mass is 9.93. The number of nitrogens with zero attached hydrogens (tertiary/aromatic N) is 3. The molecule has 0 amide bonds. The van der Waals surface area contributed by atoms with Crippen molar-refractivity contribution < 1.29 is 45.4 Å². The standard InChI is InChI=1S/C21H17F7N4O3/c1-9-2-3-10(11-5-14(22)19(34,6-11)35-18(33)21(26,27)28)4-12(9)13-7-30-17-16(29)31-15(8-32(13)17)20(23,24)25/h2-4,7-8,11,14,34H,5-6H2,1H3,(H2,29,31). The average Bonchev–Trinajstić information content (AvgIpc) is 3.28. The summed E-state index contributed by atoms with van der Waals surface area (Å²) in [5.74, 6) is -7.00. The Bertz CT molecular complexity index is 1300. The molecular weight excluding hydrogens is 489 g/mol. The van der Waals surface area contributed by atoms with Crippen LogP contribution in [0.1, 0.15) is 35.6 Å². The molecule has 3 atom stereocenters. The number of benzene rings is 1. The molecule has 1 saturated carbocycles. The van der Waals surface area contributed by atoms with Crippen molar-refractivity contribution in [2.45, 2.75) is 50.0 Å². The monoisotopic (exact) mass is 506 g/mol. The van der Waals surface area contributed by atoms with Crippen molar-refractivity contribution in [3.05, 3.63) is 47.4 Å². The van der Waals surface area contributed by atoms with E-state index >= 15 is 0 Å². The van der Waals surface area contributed by atoms with Gasteiger partial charge in [0.05, 0.1) is 11.9 Å². The summed E-state index contributed by atoms with van der Waals surface area (Å²) in [6.07, 6.45) is -11.6. The normalized spacial score (nSPS) is 23.1. The molecule has 0 spiro atoms. The van der Waals surface area contributed by atoms with Crippen LogP contribution >= 0.6 is 0 Å². The van der Waals surface area contributed by atoms with Crippen LogP contribution in [0.4, 0.5) is 36.6 Å². The van der Waals surface area contributed by atoms with E-state index in [2.05, 4.69) is 14.7 Å². The number of aliphatic hydroxyl groups is 1. The van der Waals surface area contributed by atoms with Gasteiger partial charge < -0.3 is 15.6 Å². The Labute approximate surface area is 192 Å². The van der Waals surface area contributed by atoms with E-state index in [9.17, 15) is 40.6 Å². The number of carbonyl (C=O) groups excluding carboxylic acids is 1. The Morgan fingerprint density at radius 1 is 1.26 bits per heavy atom. The van der Waals surface area contributed by atoms with Crippen LogP contribution in [0.15, 0.2) is 30.6 Å². The highest BCUT2D eigenvalue weighted by atomic mass is 19.4. The van der Waals surface area contributed by atoms with Gasteiger partial charge in [0, 0.05) is 18.2 Å². The SMILES string of the molecule is Cc1ccc(C2CC(F)C(O)(OC(=O)C(F)(F)F)C2)cc1-c1cnc2c(N)nc(C(F)(F)F)cn12. The molecule has 0 aliphatic heterocycles. The summed E-state index contributed by atoms with van der Waals surface area (Å²) in [5, 5.41) is 10.3. The predicted octanol–water partition coefficient (Wildman–Crippen LogP) is 4.32. The number of anilines is 1. The Balaban J connectivity index is 1.71. The number of aryl methyl sites for hydroxylation is 1. The van der Waals surface area contributed by atoms with E-state index in [-0.39, 0.29) is 11.3 Å². The van der Waals surface area contributed by atoms with Crippen LogP contribution in [-0.4, -0.2) is 43.6 Å². The topological polar surface area (TPSA) is 103 Å². The van der Waals surface area contributed by atoms with Gasteiger partial charge in [-0.1, -0.05) is 12.1 Å². The number of fused-ring (bicyclic) bond motifs is 1. The highest BCUT2D eigenvalue weighted by molar-refractivity contribution is 5.76. The van der Waals surface area contributed by atoms with Crippen LogP contribution in [0.2, 0.25) is 0 Å². The van der Waals surface area contributed by atoms with Crippen LogP contribution in [0.3, 0.4) is 0 Å². The molecule has 2 aromatic heterocycles. The third kappa shape index (κ3) is 4.49. The third-order valence-electron chi connectivity index (χ3n) is 5.84. The number of esters is 1. The van der Waals surface area contributed by atoms with Gasteiger partial charge in [-0.05, 0) is 36.5 Å². The number of imidazole rings is 1. The van der Waals surface area contributed by atoms with Crippen molar-refractivity contribution in [3.63, 3.8) is 0 Å². The number of nitrogens with two attached hydrogens (primary N) is 1. The number of carbonyl (C=O) groups is 1. The summed E-state index contributed by atoms with van der Waals surface area (Å²) in [6, 6.07) is 4.61. The van der Waals surface area contributed by atoms with E-state index in [1.165, 1.54) is 18.3 Å². The number of halogens is 7. The minimum atomic E-state index is -5.42. The summed E-state index contributed by atoms with van der Waals surface area (Å²) in [6.45, 7) is 1.65. The zero-order chi connectivity index (χ0) is 25.9. The second-order valence-corrected chi connectivity index (χ2v) is 8.26. The summed E-state index contributed by atoms with van der Waals surface area (Å²) in [4.78, 5) is 18.5. The largest absolute Gasteiger partial charge is 0.491 e. The number of alkyl halides is 7. The van der Waals surface area contributed by atoms with E-state index in [1.54, 1.807) is 13.0 Å². The van der Waals surface area contributed by atoms with E-state index in [0.717, 1.165) is 10.6 Å². The molecular formula is C21H17F7N4O3. The van der Waals surface area contributed by atoms with Gasteiger partial charge in [-0.2, -0.15) is 26.3 Å². The van der Waals surface area contributed by atoms with Gasteiger partial charge in [-0.15, -0.1) is 0 Å². The van der Waals surface area contributed by atoms with Gasteiger partial charge >= 0.3 is 18.3 Å². The van der Waals surface area contributed by atoms with Crippen molar-refractivity contribution in [1.82, 2.24) is 14.4 Å². The Morgan fingerprint density at radius 2 is 1.94 bits per heavy atom. The Morgan fingerprint density at radius 3 is 2.57 bits per heavy atom. The Kier molecular flexibility index (Phi) is 5.69. The first-order chi connectivity index (χ1) is 16.1. The first-order valence-electron chi connectivity index (χ1n) is 10.1. The summed E-state index contributed by atoms with van der Waals surface area (Å²) in [5.41, 5.74) is 5.90. The van der Waals surface area contributed by atoms with Crippen LogP contribution in [-0.2, 0) is 15.7 Å². The van der Waals surface area contributed by atoms with Gasteiger partial charge in [0.25, 0.3) is 0 Å². The van der Waals surface area contributed by atoms with Gasteiger partial charge in [0.1, 0.15) is 0 Å². The van der Waals surface area contributed by atoms with Crippen LogP contribution in [0, 0.1) is 6.92 Å². The van der Waals surface area contributed by atoms with Crippen molar-refractivity contribution in [2.24, 2.45) is 0 Å². The molecule has 3 unspecified atom stereocenters. The van der Waals surface area contributed by atoms with Crippen LogP contribution in [0.25, 0.3) is 16.9 Å². The molecule has 3 N–H and O–H groups in total. The van der Waals surface area contributed by atoms with Gasteiger partial charge in [-0.3, -0.25) is 4.40 Å². The molecule has 3 aromatic rings. The number of ether oxygens (including phenoxy) is 1. The smallest absolute Gasteiger partial charge is 0.423 e. The number of aromatic nitrogens is 3. The average molecular weight is 506 g/mol. The van der Waals surface area contributed by atoms with E-state index in [1.807, 2.05) is 0 Å². The van der Waals surface area contributed by atoms with E-state index < -0.39 is 60.6 Å². The molecule has 1 aliphatic rings. The fourth-order valence-electron chi connectivity index (χ4n) is 4.09. The number of hydrogen-bond acceptors (Lipinski definition) is 6. The second-order valence-electron chi connectivity index (χ2n) is 8.26. The minimum Gasteiger partial charge on any atom is -0.423 e. The molecule has 0 saturated heterocycles. The molecule has 7 nitrogen and oxygen atoms in total. The zero-order valence-electron chi connectivity index (χ0n) is 17.8. The van der Waals surface area contributed by atoms with Crippen molar-refractivity contribution in [1.29, 1.82) is 0 Å².